The van der Waals surface area contributed by atoms with Crippen molar-refractivity contribution < 1.29 is 8.42 Å². The second-order valence-electron chi connectivity index (χ2n) is 4.37. The Hall–Kier alpha value is -1.12. The van der Waals surface area contributed by atoms with Crippen LogP contribution >= 0.6 is 11.3 Å². The van der Waals surface area contributed by atoms with Crippen molar-refractivity contribution in [1.29, 1.82) is 0 Å². The first-order chi connectivity index (χ1) is 8.62. The van der Waals surface area contributed by atoms with Crippen molar-refractivity contribution in [2.24, 2.45) is 5.92 Å². The highest BCUT2D eigenvalue weighted by molar-refractivity contribution is 7.89. The first kappa shape index (κ1) is 11.9. The third kappa shape index (κ3) is 2.00. The van der Waals surface area contributed by atoms with Crippen LogP contribution < -0.4 is 10.0 Å². The Morgan fingerprint density at radius 1 is 1.56 bits per heavy atom. The first-order valence-corrected chi connectivity index (χ1v) is 8.11. The Morgan fingerprint density at radius 2 is 2.33 bits per heavy atom. The van der Waals surface area contributed by atoms with Gasteiger partial charge in [-0.2, -0.15) is 0 Å². The maximum absolute atomic E-state index is 12.3. The van der Waals surface area contributed by atoms with Crippen LogP contribution in [0, 0.1) is 5.92 Å². The van der Waals surface area contributed by atoms with Crippen molar-refractivity contribution in [3.05, 3.63) is 11.6 Å². The van der Waals surface area contributed by atoms with Crippen LogP contribution in [0.5, 0.6) is 0 Å². The van der Waals surface area contributed by atoms with Crippen molar-refractivity contribution in [1.82, 2.24) is 14.1 Å². The van der Waals surface area contributed by atoms with Crippen LogP contribution in [0.15, 0.2) is 16.6 Å². The van der Waals surface area contributed by atoms with Crippen molar-refractivity contribution >= 4 is 32.1 Å². The maximum Gasteiger partial charge on any atom is 0.260 e. The highest BCUT2D eigenvalue weighted by Crippen LogP contribution is 2.29. The summed E-state index contributed by atoms with van der Waals surface area (Å²) in [5.74, 6) is 0.897. The van der Waals surface area contributed by atoms with E-state index in [4.69, 9.17) is 0 Å². The molecule has 0 spiro atoms. The van der Waals surface area contributed by atoms with Crippen LogP contribution in [-0.4, -0.2) is 31.4 Å². The van der Waals surface area contributed by atoms with Crippen molar-refractivity contribution in [2.45, 2.75) is 17.9 Å². The molecule has 2 aromatic heterocycles. The van der Waals surface area contributed by atoms with Gasteiger partial charge < -0.3 is 5.32 Å². The number of rotatable bonds is 5. The van der Waals surface area contributed by atoms with Crippen molar-refractivity contribution in [3.8, 4) is 0 Å². The molecule has 0 unspecified atom stereocenters. The highest BCUT2D eigenvalue weighted by atomic mass is 32.2. The molecular weight excluding hydrogens is 272 g/mol. The summed E-state index contributed by atoms with van der Waals surface area (Å²) in [5.41, 5.74) is 0. The lowest BCUT2D eigenvalue weighted by Crippen LogP contribution is -2.27. The van der Waals surface area contributed by atoms with Gasteiger partial charge in [-0.1, -0.05) is 0 Å². The molecule has 0 aliphatic heterocycles. The summed E-state index contributed by atoms with van der Waals surface area (Å²) < 4.78 is 28.9. The topological polar surface area (TPSA) is 75.5 Å². The molecule has 0 radical (unpaired) electrons. The monoisotopic (exact) mass is 286 g/mol. The number of fused-ring (bicyclic) bond motifs is 1. The summed E-state index contributed by atoms with van der Waals surface area (Å²) in [6.45, 7) is 0.517. The molecular formula is C10H14N4O2S2. The summed E-state index contributed by atoms with van der Waals surface area (Å²) in [6, 6.07) is 0. The van der Waals surface area contributed by atoms with Crippen LogP contribution in [0.1, 0.15) is 12.8 Å². The zero-order chi connectivity index (χ0) is 12.8. The Morgan fingerprint density at radius 3 is 3.00 bits per heavy atom. The Bertz CT molecular complexity index is 669. The van der Waals surface area contributed by atoms with Gasteiger partial charge in [-0.05, 0) is 18.8 Å². The Labute approximate surface area is 109 Å². The second kappa shape index (κ2) is 4.22. The predicted octanol–water partition coefficient (Wildman–Crippen LogP) is 1.13. The van der Waals surface area contributed by atoms with E-state index in [0.29, 0.717) is 23.2 Å². The number of hydrogen-bond acceptors (Lipinski definition) is 5. The van der Waals surface area contributed by atoms with E-state index in [9.17, 15) is 8.42 Å². The van der Waals surface area contributed by atoms with Gasteiger partial charge >= 0.3 is 0 Å². The maximum atomic E-state index is 12.3. The minimum atomic E-state index is -3.52. The minimum absolute atomic E-state index is 0.196. The molecule has 1 fully saturated rings. The molecule has 0 amide bonds. The van der Waals surface area contributed by atoms with E-state index in [1.165, 1.54) is 11.3 Å². The summed E-state index contributed by atoms with van der Waals surface area (Å²) in [5, 5.41) is 4.85. The lowest BCUT2D eigenvalue weighted by molar-refractivity contribution is 0.573. The van der Waals surface area contributed by atoms with Gasteiger partial charge in [0.15, 0.2) is 15.8 Å². The van der Waals surface area contributed by atoms with E-state index in [2.05, 4.69) is 15.0 Å². The largest absolute Gasteiger partial charge is 0.371 e. The third-order valence-corrected chi connectivity index (χ3v) is 5.17. The fourth-order valence-electron chi connectivity index (χ4n) is 1.80. The summed E-state index contributed by atoms with van der Waals surface area (Å²) in [7, 11) is -1.84. The van der Waals surface area contributed by atoms with Gasteiger partial charge in [-0.25, -0.2) is 18.1 Å². The SMILES string of the molecule is CNc1nc2sccn2c1S(=O)(=O)NCC1CC1. The highest BCUT2D eigenvalue weighted by Gasteiger charge is 2.28. The van der Waals surface area contributed by atoms with Gasteiger partial charge in [0.2, 0.25) is 0 Å². The van der Waals surface area contributed by atoms with E-state index >= 15 is 0 Å². The van der Waals surface area contributed by atoms with Gasteiger partial charge in [0.1, 0.15) is 0 Å². The molecule has 2 N–H and O–H groups in total. The van der Waals surface area contributed by atoms with Crippen LogP contribution in [0.3, 0.4) is 0 Å². The molecule has 98 valence electrons. The molecule has 1 aliphatic rings. The first-order valence-electron chi connectivity index (χ1n) is 5.75. The Kier molecular flexibility index (Phi) is 2.80. The molecule has 1 saturated carbocycles. The number of aromatic nitrogens is 2. The summed E-state index contributed by atoms with van der Waals surface area (Å²) in [4.78, 5) is 4.92. The number of nitrogens with one attached hydrogen (secondary N) is 2. The quantitative estimate of drug-likeness (QED) is 0.864. The fourth-order valence-corrected chi connectivity index (χ4v) is 3.97. The molecule has 0 bridgehead atoms. The van der Waals surface area contributed by atoms with Crippen molar-refractivity contribution in [2.75, 3.05) is 18.9 Å². The molecule has 0 atom stereocenters. The molecule has 18 heavy (non-hydrogen) atoms. The van der Waals surface area contributed by atoms with Crippen LogP contribution in [0.4, 0.5) is 5.82 Å². The molecule has 3 rings (SSSR count). The lowest BCUT2D eigenvalue weighted by Gasteiger charge is -2.06. The van der Waals surface area contributed by atoms with Gasteiger partial charge in [-0.15, -0.1) is 11.3 Å². The molecule has 0 aromatic carbocycles. The van der Waals surface area contributed by atoms with Gasteiger partial charge in [0.05, 0.1) is 0 Å². The zero-order valence-corrected chi connectivity index (χ0v) is 11.5. The summed E-state index contributed by atoms with van der Waals surface area (Å²) in [6.07, 6.45) is 3.95. The summed E-state index contributed by atoms with van der Waals surface area (Å²) >= 11 is 1.41. The van der Waals surface area contributed by atoms with Gasteiger partial charge in [0.25, 0.3) is 10.0 Å². The standard InChI is InChI=1S/C10H14N4O2S2/c1-11-8-9(14-4-5-17-10(14)13-8)18(15,16)12-6-7-2-3-7/h4-5,7,11-12H,2-3,6H2,1H3. The van der Waals surface area contributed by atoms with E-state index in [0.717, 1.165) is 12.8 Å². The second-order valence-corrected chi connectivity index (χ2v) is 6.92. The van der Waals surface area contributed by atoms with Gasteiger partial charge in [0, 0.05) is 25.2 Å². The van der Waals surface area contributed by atoms with E-state index in [1.807, 2.05) is 5.38 Å². The van der Waals surface area contributed by atoms with Crippen LogP contribution in [0.2, 0.25) is 0 Å². The number of nitrogens with zero attached hydrogens (tertiary/aromatic N) is 2. The number of anilines is 1. The van der Waals surface area contributed by atoms with Crippen LogP contribution in [0.25, 0.3) is 4.96 Å². The van der Waals surface area contributed by atoms with E-state index in [1.54, 1.807) is 17.6 Å². The smallest absolute Gasteiger partial charge is 0.260 e. The number of imidazole rings is 1. The third-order valence-electron chi connectivity index (χ3n) is 2.97. The average molecular weight is 286 g/mol. The minimum Gasteiger partial charge on any atom is -0.371 e. The molecule has 2 heterocycles. The van der Waals surface area contributed by atoms with Gasteiger partial charge in [-0.3, -0.25) is 4.40 Å². The number of sulfonamides is 1. The fraction of sp³-hybridized carbons (Fsp3) is 0.500. The lowest BCUT2D eigenvalue weighted by atomic mass is 10.4. The molecule has 2 aromatic rings. The molecule has 1 aliphatic carbocycles. The molecule has 8 heteroatoms. The molecule has 6 nitrogen and oxygen atoms in total. The van der Waals surface area contributed by atoms with E-state index < -0.39 is 10.0 Å². The van der Waals surface area contributed by atoms with Crippen LogP contribution in [-0.2, 0) is 10.0 Å². The van der Waals surface area contributed by atoms with E-state index in [-0.39, 0.29) is 5.03 Å². The number of thiazole rings is 1. The number of hydrogen-bond donors (Lipinski definition) is 2. The zero-order valence-electron chi connectivity index (χ0n) is 9.88. The Balaban J connectivity index is 2.01. The predicted molar refractivity (Wildman–Crippen MR) is 70.5 cm³/mol. The molecule has 0 saturated heterocycles. The average Bonchev–Trinajstić information content (AvgIpc) is 2.93. The van der Waals surface area contributed by atoms with Crippen molar-refractivity contribution in [3.63, 3.8) is 0 Å². The normalized spacial score (nSPS) is 16.3.